The quantitative estimate of drug-likeness (QED) is 0.839. The van der Waals surface area contributed by atoms with Gasteiger partial charge in [-0.05, 0) is 45.4 Å². The van der Waals surface area contributed by atoms with E-state index in [1.165, 1.54) is 0 Å². The highest BCUT2D eigenvalue weighted by atomic mass is 16.3. The van der Waals surface area contributed by atoms with Gasteiger partial charge in [-0.25, -0.2) is 0 Å². The maximum atomic E-state index is 9.62. The van der Waals surface area contributed by atoms with Crippen LogP contribution in [0, 0.1) is 5.92 Å². The van der Waals surface area contributed by atoms with Crippen LogP contribution in [0.5, 0.6) is 0 Å². The maximum absolute atomic E-state index is 9.62. The van der Waals surface area contributed by atoms with E-state index in [4.69, 9.17) is 9.98 Å². The Bertz CT molecular complexity index is 418. The van der Waals surface area contributed by atoms with Gasteiger partial charge in [0.1, 0.15) is 5.84 Å². The molecule has 2 heterocycles. The molecule has 124 valence electrons. The summed E-state index contributed by atoms with van der Waals surface area (Å²) in [5.41, 5.74) is 0. The molecule has 0 aromatic heterocycles. The third-order valence-corrected chi connectivity index (χ3v) is 5.48. The normalized spacial score (nSPS) is 34.1. The first-order chi connectivity index (χ1) is 10.6. The molecule has 1 saturated heterocycles. The standard InChI is InChI=1S/C17H30N4O/c1-13(2)20-7-9-21(10-8-20)17-12-18-16(11-19-17)14-3-5-15(22)6-4-14/h12-16,22H,3-11H2,1-2H3. The topological polar surface area (TPSA) is 51.4 Å². The largest absolute Gasteiger partial charge is 0.393 e. The summed E-state index contributed by atoms with van der Waals surface area (Å²) in [6, 6.07) is 0.975. The van der Waals surface area contributed by atoms with E-state index < -0.39 is 0 Å². The van der Waals surface area contributed by atoms with Crippen LogP contribution in [0.15, 0.2) is 9.98 Å². The summed E-state index contributed by atoms with van der Waals surface area (Å²) in [7, 11) is 0. The second kappa shape index (κ2) is 7.09. The lowest BCUT2D eigenvalue weighted by atomic mass is 9.82. The fourth-order valence-electron chi connectivity index (χ4n) is 3.84. The van der Waals surface area contributed by atoms with Crippen LogP contribution in [0.2, 0.25) is 0 Å². The Balaban J connectivity index is 1.49. The van der Waals surface area contributed by atoms with Gasteiger partial charge in [0.2, 0.25) is 0 Å². The molecule has 1 saturated carbocycles. The summed E-state index contributed by atoms with van der Waals surface area (Å²) in [5, 5.41) is 9.62. The highest BCUT2D eigenvalue weighted by Gasteiger charge is 2.28. The molecule has 22 heavy (non-hydrogen) atoms. The lowest BCUT2D eigenvalue weighted by molar-refractivity contribution is 0.102. The van der Waals surface area contributed by atoms with Crippen molar-refractivity contribution in [3.05, 3.63) is 0 Å². The number of hydrogen-bond donors (Lipinski definition) is 1. The average molecular weight is 306 g/mol. The predicted molar refractivity (Wildman–Crippen MR) is 90.8 cm³/mol. The van der Waals surface area contributed by atoms with E-state index >= 15 is 0 Å². The van der Waals surface area contributed by atoms with Crippen LogP contribution < -0.4 is 0 Å². The van der Waals surface area contributed by atoms with Crippen molar-refractivity contribution >= 4 is 12.1 Å². The van der Waals surface area contributed by atoms with Gasteiger partial charge in [0.05, 0.1) is 24.9 Å². The highest BCUT2D eigenvalue weighted by molar-refractivity contribution is 6.29. The minimum absolute atomic E-state index is 0.0832. The van der Waals surface area contributed by atoms with Crippen LogP contribution in [0.4, 0.5) is 0 Å². The summed E-state index contributed by atoms with van der Waals surface area (Å²) < 4.78 is 0. The maximum Gasteiger partial charge on any atom is 0.142 e. The van der Waals surface area contributed by atoms with E-state index in [9.17, 15) is 5.11 Å². The van der Waals surface area contributed by atoms with Crippen molar-refractivity contribution in [3.8, 4) is 0 Å². The number of aliphatic hydroxyl groups is 1. The third kappa shape index (κ3) is 3.69. The summed E-state index contributed by atoms with van der Waals surface area (Å²) in [5.74, 6) is 1.69. The Morgan fingerprint density at radius 2 is 1.77 bits per heavy atom. The highest BCUT2D eigenvalue weighted by Crippen LogP contribution is 2.29. The third-order valence-electron chi connectivity index (χ3n) is 5.48. The molecule has 1 aliphatic carbocycles. The minimum Gasteiger partial charge on any atom is -0.393 e. The van der Waals surface area contributed by atoms with E-state index in [0.717, 1.165) is 64.2 Å². The molecule has 1 unspecified atom stereocenters. The number of amidine groups is 1. The van der Waals surface area contributed by atoms with E-state index in [2.05, 4.69) is 23.6 Å². The van der Waals surface area contributed by atoms with Gasteiger partial charge in [-0.1, -0.05) is 0 Å². The molecule has 3 rings (SSSR count). The zero-order chi connectivity index (χ0) is 15.5. The van der Waals surface area contributed by atoms with Gasteiger partial charge in [-0.2, -0.15) is 0 Å². The molecule has 0 radical (unpaired) electrons. The van der Waals surface area contributed by atoms with E-state index in [1.807, 2.05) is 6.21 Å². The van der Waals surface area contributed by atoms with Gasteiger partial charge in [-0.3, -0.25) is 14.9 Å². The molecular weight excluding hydrogens is 276 g/mol. The summed E-state index contributed by atoms with van der Waals surface area (Å²) in [4.78, 5) is 14.5. The Labute approximate surface area is 134 Å². The average Bonchev–Trinajstić information content (AvgIpc) is 2.56. The van der Waals surface area contributed by atoms with Crippen molar-refractivity contribution < 1.29 is 5.11 Å². The Kier molecular flexibility index (Phi) is 5.14. The molecule has 0 aromatic rings. The molecule has 2 aliphatic heterocycles. The molecule has 3 aliphatic rings. The Morgan fingerprint density at radius 3 is 2.32 bits per heavy atom. The van der Waals surface area contributed by atoms with Crippen LogP contribution in [-0.4, -0.2) is 77.9 Å². The molecule has 2 fully saturated rings. The van der Waals surface area contributed by atoms with Crippen molar-refractivity contribution in [2.45, 2.75) is 57.7 Å². The van der Waals surface area contributed by atoms with Gasteiger partial charge in [-0.15, -0.1) is 0 Å². The minimum atomic E-state index is -0.0832. The van der Waals surface area contributed by atoms with Gasteiger partial charge >= 0.3 is 0 Å². The zero-order valence-electron chi connectivity index (χ0n) is 14.0. The van der Waals surface area contributed by atoms with Crippen molar-refractivity contribution in [1.29, 1.82) is 0 Å². The van der Waals surface area contributed by atoms with Crippen LogP contribution in [0.1, 0.15) is 39.5 Å². The summed E-state index contributed by atoms with van der Waals surface area (Å²) in [6.07, 6.45) is 5.99. The fraction of sp³-hybridized carbons (Fsp3) is 0.882. The number of rotatable bonds is 2. The van der Waals surface area contributed by atoms with Gasteiger partial charge < -0.3 is 10.0 Å². The summed E-state index contributed by atoms with van der Waals surface area (Å²) >= 11 is 0. The lowest BCUT2D eigenvalue weighted by Gasteiger charge is -2.38. The number of hydrogen-bond acceptors (Lipinski definition) is 5. The summed E-state index contributed by atoms with van der Waals surface area (Å²) in [6.45, 7) is 9.72. The van der Waals surface area contributed by atoms with Crippen molar-refractivity contribution in [3.63, 3.8) is 0 Å². The number of piperazine rings is 1. The second-order valence-electron chi connectivity index (χ2n) is 7.23. The Morgan fingerprint density at radius 1 is 1.09 bits per heavy atom. The number of aliphatic hydroxyl groups excluding tert-OH is 1. The van der Waals surface area contributed by atoms with Crippen LogP contribution >= 0.6 is 0 Å². The van der Waals surface area contributed by atoms with Crippen molar-refractivity contribution in [1.82, 2.24) is 9.80 Å². The SMILES string of the molecule is CC(C)N1CCN(C2=NCC(C3CCC(O)CC3)N=C2)CC1. The van der Waals surface area contributed by atoms with Crippen LogP contribution in [0.25, 0.3) is 0 Å². The van der Waals surface area contributed by atoms with E-state index in [0.29, 0.717) is 18.0 Å². The zero-order valence-corrected chi connectivity index (χ0v) is 14.0. The first kappa shape index (κ1) is 15.9. The molecule has 0 aromatic carbocycles. The number of nitrogens with zero attached hydrogens (tertiary/aromatic N) is 4. The smallest absolute Gasteiger partial charge is 0.142 e. The van der Waals surface area contributed by atoms with E-state index in [1.54, 1.807) is 0 Å². The molecule has 0 bridgehead atoms. The molecular formula is C17H30N4O. The first-order valence-corrected chi connectivity index (χ1v) is 8.88. The molecule has 5 heteroatoms. The predicted octanol–water partition coefficient (Wildman–Crippen LogP) is 1.41. The molecule has 1 N–H and O–H groups in total. The van der Waals surface area contributed by atoms with Crippen LogP contribution in [-0.2, 0) is 0 Å². The molecule has 5 nitrogen and oxygen atoms in total. The fourth-order valence-corrected chi connectivity index (χ4v) is 3.84. The number of aliphatic imine (C=N–C) groups is 2. The van der Waals surface area contributed by atoms with Crippen molar-refractivity contribution in [2.24, 2.45) is 15.9 Å². The lowest BCUT2D eigenvalue weighted by Crippen LogP contribution is -2.51. The monoisotopic (exact) mass is 306 g/mol. The Hall–Kier alpha value is -0.940. The molecule has 0 spiro atoms. The van der Waals surface area contributed by atoms with Gasteiger partial charge in [0.15, 0.2) is 0 Å². The van der Waals surface area contributed by atoms with Gasteiger partial charge in [0, 0.05) is 32.2 Å². The molecule has 1 atom stereocenters. The molecule has 0 amide bonds. The van der Waals surface area contributed by atoms with E-state index in [-0.39, 0.29) is 6.10 Å². The first-order valence-electron chi connectivity index (χ1n) is 8.88. The second-order valence-corrected chi connectivity index (χ2v) is 7.23. The van der Waals surface area contributed by atoms with Gasteiger partial charge in [0.25, 0.3) is 0 Å². The van der Waals surface area contributed by atoms with Crippen LogP contribution in [0.3, 0.4) is 0 Å². The van der Waals surface area contributed by atoms with Crippen molar-refractivity contribution in [2.75, 3.05) is 32.7 Å².